The number of carbonyl (C=O) groups is 1. The summed E-state index contributed by atoms with van der Waals surface area (Å²) in [6, 6.07) is 0.0244. The molecule has 1 aliphatic carbocycles. The summed E-state index contributed by atoms with van der Waals surface area (Å²) in [5.74, 6) is 0.749. The minimum absolute atomic E-state index is 0.0244. The van der Waals surface area contributed by atoms with E-state index in [2.05, 4.69) is 5.32 Å². The molecule has 1 amide bonds. The normalized spacial score (nSPS) is 36.5. The first-order valence-electron chi connectivity index (χ1n) is 5.85. The number of likely N-dealkylation sites (N-methyl/N-ethyl adjacent to an activating group) is 1. The Morgan fingerprint density at radius 2 is 2.27 bits per heavy atom. The van der Waals surface area contributed by atoms with Gasteiger partial charge in [-0.1, -0.05) is 0 Å². The third-order valence-electron chi connectivity index (χ3n) is 3.64. The van der Waals surface area contributed by atoms with Gasteiger partial charge in [0, 0.05) is 13.1 Å². The summed E-state index contributed by atoms with van der Waals surface area (Å²) >= 11 is 0. The predicted octanol–water partition coefficient (Wildman–Crippen LogP) is -0.0323. The van der Waals surface area contributed by atoms with Crippen molar-refractivity contribution in [2.24, 2.45) is 5.92 Å². The number of rotatable bonds is 3. The Hall–Kier alpha value is -0.610. The predicted molar refractivity (Wildman–Crippen MR) is 57.4 cm³/mol. The van der Waals surface area contributed by atoms with Gasteiger partial charge in [-0.05, 0) is 38.6 Å². The van der Waals surface area contributed by atoms with Crippen LogP contribution in [0.4, 0.5) is 0 Å². The Kier molecular flexibility index (Phi) is 3.26. The number of likely N-dealkylation sites (tertiary alicyclic amines) is 1. The van der Waals surface area contributed by atoms with E-state index in [1.54, 1.807) is 0 Å². The van der Waals surface area contributed by atoms with Gasteiger partial charge in [-0.3, -0.25) is 4.79 Å². The highest BCUT2D eigenvalue weighted by atomic mass is 16.3. The molecule has 3 unspecified atom stereocenters. The Morgan fingerprint density at radius 3 is 2.80 bits per heavy atom. The average Bonchev–Trinajstić information content (AvgIpc) is 2.76. The molecular weight excluding hydrogens is 192 g/mol. The third-order valence-corrected chi connectivity index (χ3v) is 3.64. The van der Waals surface area contributed by atoms with Gasteiger partial charge < -0.3 is 15.3 Å². The second-order valence-corrected chi connectivity index (χ2v) is 4.75. The molecule has 15 heavy (non-hydrogen) atoms. The maximum Gasteiger partial charge on any atom is 0.239 e. The molecule has 1 heterocycles. The number of aliphatic hydroxyl groups is 1. The molecule has 2 aliphatic rings. The molecular formula is C11H20N2O2. The molecule has 4 nitrogen and oxygen atoms in total. The number of carbonyl (C=O) groups excluding carboxylic acids is 1. The lowest BCUT2D eigenvalue weighted by atomic mass is 10.1. The minimum Gasteiger partial charge on any atom is -0.393 e. The number of hydrogen-bond acceptors (Lipinski definition) is 3. The molecule has 2 rings (SSSR count). The van der Waals surface area contributed by atoms with Crippen molar-refractivity contribution in [1.29, 1.82) is 0 Å². The van der Waals surface area contributed by atoms with Crippen LogP contribution in [0.3, 0.4) is 0 Å². The van der Waals surface area contributed by atoms with Crippen LogP contribution in [0.2, 0.25) is 0 Å². The lowest BCUT2D eigenvalue weighted by molar-refractivity contribution is -0.129. The van der Waals surface area contributed by atoms with Crippen LogP contribution in [-0.2, 0) is 4.79 Å². The summed E-state index contributed by atoms with van der Waals surface area (Å²) in [7, 11) is 1.84. The maximum atomic E-state index is 11.8. The van der Waals surface area contributed by atoms with Crippen molar-refractivity contribution >= 4 is 5.91 Å². The first-order chi connectivity index (χ1) is 7.20. The molecule has 0 aromatic rings. The second-order valence-electron chi connectivity index (χ2n) is 4.75. The summed E-state index contributed by atoms with van der Waals surface area (Å²) in [5, 5.41) is 12.5. The molecule has 86 valence electrons. The topological polar surface area (TPSA) is 52.6 Å². The van der Waals surface area contributed by atoms with Crippen molar-refractivity contribution in [1.82, 2.24) is 10.2 Å². The largest absolute Gasteiger partial charge is 0.393 e. The Balaban J connectivity index is 1.83. The molecule has 1 saturated heterocycles. The molecule has 0 radical (unpaired) electrons. The van der Waals surface area contributed by atoms with E-state index in [1.807, 2.05) is 11.9 Å². The molecule has 2 N–H and O–H groups in total. The molecule has 3 atom stereocenters. The number of nitrogens with one attached hydrogen (secondary N) is 1. The van der Waals surface area contributed by atoms with Gasteiger partial charge in [-0.2, -0.15) is 0 Å². The second kappa shape index (κ2) is 4.49. The van der Waals surface area contributed by atoms with Crippen LogP contribution in [0.5, 0.6) is 0 Å². The summed E-state index contributed by atoms with van der Waals surface area (Å²) < 4.78 is 0. The maximum absolute atomic E-state index is 11.8. The number of nitrogens with zero attached hydrogens (tertiary/aromatic N) is 1. The fourth-order valence-electron chi connectivity index (χ4n) is 2.71. The fraction of sp³-hybridized carbons (Fsp3) is 0.909. The highest BCUT2D eigenvalue weighted by molar-refractivity contribution is 5.83. The van der Waals surface area contributed by atoms with Gasteiger partial charge in [0.25, 0.3) is 0 Å². The highest BCUT2D eigenvalue weighted by Gasteiger charge is 2.33. The monoisotopic (exact) mass is 212 g/mol. The van der Waals surface area contributed by atoms with Crippen molar-refractivity contribution in [3.8, 4) is 0 Å². The zero-order valence-corrected chi connectivity index (χ0v) is 9.28. The van der Waals surface area contributed by atoms with E-state index < -0.39 is 0 Å². The van der Waals surface area contributed by atoms with E-state index in [0.29, 0.717) is 5.92 Å². The van der Waals surface area contributed by atoms with Gasteiger partial charge in [0.05, 0.1) is 12.1 Å². The van der Waals surface area contributed by atoms with Gasteiger partial charge >= 0.3 is 0 Å². The van der Waals surface area contributed by atoms with E-state index >= 15 is 0 Å². The number of aliphatic hydroxyl groups excluding tert-OH is 1. The summed E-state index contributed by atoms with van der Waals surface area (Å²) in [6.45, 7) is 1.71. The summed E-state index contributed by atoms with van der Waals surface area (Å²) in [6.07, 6.45) is 3.63. The zero-order valence-electron chi connectivity index (χ0n) is 9.28. The highest BCUT2D eigenvalue weighted by Crippen LogP contribution is 2.27. The molecule has 4 heteroatoms. The molecule has 0 bridgehead atoms. The van der Waals surface area contributed by atoms with Crippen LogP contribution in [0.15, 0.2) is 0 Å². The van der Waals surface area contributed by atoms with E-state index in [-0.39, 0.29) is 18.1 Å². The molecule has 0 aromatic carbocycles. The van der Waals surface area contributed by atoms with Gasteiger partial charge in [-0.15, -0.1) is 0 Å². The standard InChI is InChI=1S/C11H20N2O2/c1-12-10-4-5-13(11(10)15)7-8-2-3-9(14)6-8/h8-10,12,14H,2-7H2,1H3. The van der Waals surface area contributed by atoms with Crippen molar-refractivity contribution in [3.05, 3.63) is 0 Å². The third kappa shape index (κ3) is 2.32. The zero-order chi connectivity index (χ0) is 10.8. The molecule has 0 spiro atoms. The van der Waals surface area contributed by atoms with Crippen LogP contribution in [-0.4, -0.2) is 48.2 Å². The fourth-order valence-corrected chi connectivity index (χ4v) is 2.71. The van der Waals surface area contributed by atoms with Crippen molar-refractivity contribution in [2.75, 3.05) is 20.1 Å². The number of hydrogen-bond donors (Lipinski definition) is 2. The Bertz CT molecular complexity index is 245. The lowest BCUT2D eigenvalue weighted by Crippen LogP contribution is -2.38. The molecule has 0 aromatic heterocycles. The van der Waals surface area contributed by atoms with Crippen molar-refractivity contribution in [3.63, 3.8) is 0 Å². The summed E-state index contributed by atoms with van der Waals surface area (Å²) in [4.78, 5) is 13.8. The quantitative estimate of drug-likeness (QED) is 0.690. The van der Waals surface area contributed by atoms with E-state index in [0.717, 1.165) is 38.8 Å². The van der Waals surface area contributed by atoms with Gasteiger partial charge in [0.1, 0.15) is 0 Å². The first kappa shape index (κ1) is 10.9. The van der Waals surface area contributed by atoms with Crippen LogP contribution >= 0.6 is 0 Å². The van der Waals surface area contributed by atoms with E-state index in [4.69, 9.17) is 0 Å². The smallest absolute Gasteiger partial charge is 0.239 e. The van der Waals surface area contributed by atoms with Gasteiger partial charge in [0.15, 0.2) is 0 Å². The van der Waals surface area contributed by atoms with Gasteiger partial charge in [0.2, 0.25) is 5.91 Å². The Labute approximate surface area is 90.6 Å². The van der Waals surface area contributed by atoms with E-state index in [1.165, 1.54) is 0 Å². The van der Waals surface area contributed by atoms with Gasteiger partial charge in [-0.25, -0.2) is 0 Å². The molecule has 1 aliphatic heterocycles. The van der Waals surface area contributed by atoms with Crippen molar-refractivity contribution < 1.29 is 9.90 Å². The lowest BCUT2D eigenvalue weighted by Gasteiger charge is -2.20. The van der Waals surface area contributed by atoms with Crippen LogP contribution in [0, 0.1) is 5.92 Å². The number of amides is 1. The Morgan fingerprint density at radius 1 is 1.47 bits per heavy atom. The van der Waals surface area contributed by atoms with Crippen molar-refractivity contribution in [2.45, 2.75) is 37.8 Å². The molecule has 1 saturated carbocycles. The van der Waals surface area contributed by atoms with E-state index in [9.17, 15) is 9.90 Å². The average molecular weight is 212 g/mol. The van der Waals surface area contributed by atoms with Crippen LogP contribution < -0.4 is 5.32 Å². The SMILES string of the molecule is CNC1CCN(CC2CCC(O)C2)C1=O. The van der Waals surface area contributed by atoms with Crippen LogP contribution in [0.1, 0.15) is 25.7 Å². The molecule has 2 fully saturated rings. The minimum atomic E-state index is -0.132. The summed E-state index contributed by atoms with van der Waals surface area (Å²) in [5.41, 5.74) is 0. The van der Waals surface area contributed by atoms with Crippen LogP contribution in [0.25, 0.3) is 0 Å². The first-order valence-corrected chi connectivity index (χ1v) is 5.85.